The van der Waals surface area contributed by atoms with E-state index >= 15 is 0 Å². The van der Waals surface area contributed by atoms with Crippen LogP contribution in [0.4, 0.5) is 16.2 Å². The number of rotatable bonds is 7. The van der Waals surface area contributed by atoms with E-state index in [0.29, 0.717) is 0 Å². The van der Waals surface area contributed by atoms with Gasteiger partial charge in [-0.05, 0) is 12.1 Å². The number of nitrogens with one attached hydrogen (secondary N) is 3. The number of primary amides is 1. The number of hydrogen-bond donors (Lipinski definition) is 5. The summed E-state index contributed by atoms with van der Waals surface area (Å²) in [5.74, 6) is 5.10. The molecule has 2 amide bonds. The highest BCUT2D eigenvalue weighted by molar-refractivity contribution is 7.89. The van der Waals surface area contributed by atoms with Crippen molar-refractivity contribution in [2.45, 2.75) is 4.90 Å². The first kappa shape index (κ1) is 16.6. The highest BCUT2D eigenvalue weighted by atomic mass is 32.2. The van der Waals surface area contributed by atoms with Gasteiger partial charge in [-0.3, -0.25) is 16.0 Å². The number of anilines is 1. The van der Waals surface area contributed by atoms with Gasteiger partial charge in [-0.15, -0.1) is 0 Å². The van der Waals surface area contributed by atoms with Crippen LogP contribution in [0.5, 0.6) is 0 Å². The number of nitro groups is 1. The van der Waals surface area contributed by atoms with E-state index in [1.165, 1.54) is 6.07 Å². The Kier molecular flexibility index (Phi) is 5.40. The van der Waals surface area contributed by atoms with Crippen LogP contribution in [0.2, 0.25) is 0 Å². The highest BCUT2D eigenvalue weighted by Crippen LogP contribution is 2.26. The van der Waals surface area contributed by atoms with E-state index in [2.05, 4.69) is 15.5 Å². The molecule has 0 aliphatic carbocycles. The summed E-state index contributed by atoms with van der Waals surface area (Å²) in [7, 11) is -3.95. The van der Waals surface area contributed by atoms with Crippen molar-refractivity contribution < 1.29 is 18.1 Å². The van der Waals surface area contributed by atoms with Gasteiger partial charge in [0.2, 0.25) is 10.0 Å². The lowest BCUT2D eigenvalue weighted by molar-refractivity contribution is -0.384. The van der Waals surface area contributed by atoms with Crippen molar-refractivity contribution in [2.24, 2.45) is 11.6 Å². The molecule has 0 unspecified atom stereocenters. The Morgan fingerprint density at radius 1 is 1.33 bits per heavy atom. The predicted molar refractivity (Wildman–Crippen MR) is 73.7 cm³/mol. The molecular weight excluding hydrogens is 304 g/mol. The molecule has 0 atom stereocenters. The molecule has 21 heavy (non-hydrogen) atoms. The van der Waals surface area contributed by atoms with Gasteiger partial charge >= 0.3 is 6.03 Å². The Hall–Kier alpha value is -2.44. The van der Waals surface area contributed by atoms with E-state index in [1.807, 2.05) is 0 Å². The SMILES string of the molecule is NNc1ccc(S(=O)(=O)NCCNC(N)=O)cc1[N+](=O)[O-]. The van der Waals surface area contributed by atoms with Gasteiger partial charge < -0.3 is 16.5 Å². The first-order chi connectivity index (χ1) is 9.77. The summed E-state index contributed by atoms with van der Waals surface area (Å²) in [6.45, 7) is -0.130. The number of urea groups is 1. The van der Waals surface area contributed by atoms with Gasteiger partial charge in [-0.1, -0.05) is 0 Å². The Labute approximate surface area is 119 Å². The summed E-state index contributed by atoms with van der Waals surface area (Å²) in [4.78, 5) is 20.2. The third-order valence-corrected chi connectivity index (χ3v) is 3.81. The summed E-state index contributed by atoms with van der Waals surface area (Å²) in [5.41, 5.74) is 6.42. The van der Waals surface area contributed by atoms with E-state index < -0.39 is 26.7 Å². The van der Waals surface area contributed by atoms with E-state index in [9.17, 15) is 23.3 Å². The van der Waals surface area contributed by atoms with Gasteiger partial charge in [0.05, 0.1) is 9.82 Å². The Morgan fingerprint density at radius 3 is 2.52 bits per heavy atom. The molecule has 0 aromatic heterocycles. The van der Waals surface area contributed by atoms with Gasteiger partial charge in [-0.25, -0.2) is 17.9 Å². The number of carbonyl (C=O) groups is 1. The maximum atomic E-state index is 11.9. The molecule has 1 aromatic rings. The van der Waals surface area contributed by atoms with Crippen molar-refractivity contribution in [1.82, 2.24) is 10.0 Å². The minimum absolute atomic E-state index is 0.0148. The molecule has 0 bridgehead atoms. The number of nitrogen functional groups attached to an aromatic ring is 1. The molecule has 0 fully saturated rings. The molecule has 0 heterocycles. The lowest BCUT2D eigenvalue weighted by Gasteiger charge is -2.08. The van der Waals surface area contributed by atoms with Gasteiger partial charge in [0.1, 0.15) is 5.69 Å². The maximum absolute atomic E-state index is 11.9. The normalized spacial score (nSPS) is 10.9. The zero-order chi connectivity index (χ0) is 16.0. The first-order valence-corrected chi connectivity index (χ1v) is 7.04. The van der Waals surface area contributed by atoms with E-state index in [1.54, 1.807) is 0 Å². The fourth-order valence-electron chi connectivity index (χ4n) is 1.41. The fourth-order valence-corrected chi connectivity index (χ4v) is 2.46. The van der Waals surface area contributed by atoms with Crippen LogP contribution in [0.15, 0.2) is 23.1 Å². The van der Waals surface area contributed by atoms with Crippen LogP contribution >= 0.6 is 0 Å². The van der Waals surface area contributed by atoms with Crippen LogP contribution in [-0.2, 0) is 10.0 Å². The minimum Gasteiger partial charge on any atom is -0.352 e. The van der Waals surface area contributed by atoms with Crippen LogP contribution in [0.1, 0.15) is 0 Å². The third-order valence-electron chi connectivity index (χ3n) is 2.35. The van der Waals surface area contributed by atoms with Crippen molar-refractivity contribution in [3.8, 4) is 0 Å². The van der Waals surface area contributed by atoms with Gasteiger partial charge in [0.25, 0.3) is 5.69 Å². The Morgan fingerprint density at radius 2 is 2.00 bits per heavy atom. The zero-order valence-electron chi connectivity index (χ0n) is 10.7. The van der Waals surface area contributed by atoms with Crippen LogP contribution in [-0.4, -0.2) is 32.5 Å². The summed E-state index contributed by atoms with van der Waals surface area (Å²) < 4.78 is 26.0. The van der Waals surface area contributed by atoms with Gasteiger partial charge in [-0.2, -0.15) is 0 Å². The van der Waals surface area contributed by atoms with E-state index in [-0.39, 0.29) is 23.7 Å². The summed E-state index contributed by atoms with van der Waals surface area (Å²) >= 11 is 0. The van der Waals surface area contributed by atoms with Gasteiger partial charge in [0.15, 0.2) is 0 Å². The third kappa shape index (κ3) is 4.55. The van der Waals surface area contributed by atoms with E-state index in [4.69, 9.17) is 11.6 Å². The number of nitrogens with two attached hydrogens (primary N) is 2. The second-order valence-corrected chi connectivity index (χ2v) is 5.54. The fraction of sp³-hybridized carbons (Fsp3) is 0.222. The van der Waals surface area contributed by atoms with Crippen LogP contribution in [0.3, 0.4) is 0 Å². The van der Waals surface area contributed by atoms with E-state index in [0.717, 1.165) is 12.1 Å². The van der Waals surface area contributed by atoms with Crippen molar-refractivity contribution >= 4 is 27.4 Å². The molecule has 11 nitrogen and oxygen atoms in total. The lowest BCUT2D eigenvalue weighted by Crippen LogP contribution is -2.37. The first-order valence-electron chi connectivity index (χ1n) is 5.56. The second kappa shape index (κ2) is 6.83. The molecule has 1 rings (SSSR count). The Bertz CT molecular complexity index is 646. The molecular formula is C9H14N6O5S. The zero-order valence-corrected chi connectivity index (χ0v) is 11.5. The molecule has 12 heteroatoms. The molecule has 0 aliphatic rings. The number of amides is 2. The predicted octanol–water partition coefficient (Wildman–Crippen LogP) is -1.17. The quantitative estimate of drug-likeness (QED) is 0.181. The molecule has 1 aromatic carbocycles. The molecule has 7 N–H and O–H groups in total. The average molecular weight is 318 g/mol. The lowest BCUT2D eigenvalue weighted by atomic mass is 10.3. The molecule has 116 valence electrons. The number of nitrogens with zero attached hydrogens (tertiary/aromatic N) is 1. The standard InChI is InChI=1S/C9H14N6O5S/c10-9(16)12-3-4-13-21(19,20)6-1-2-7(14-11)8(5-6)15(17)18/h1-2,5,13-14H,3-4,11H2,(H3,10,12,16). The molecule has 0 saturated heterocycles. The Balaban J connectivity index is 2.90. The summed E-state index contributed by atoms with van der Waals surface area (Å²) in [5, 5.41) is 13.0. The number of sulfonamides is 1. The minimum atomic E-state index is -3.95. The molecule has 0 saturated carbocycles. The number of hydrogen-bond acceptors (Lipinski definition) is 7. The number of carbonyl (C=O) groups excluding carboxylic acids is 1. The van der Waals surface area contributed by atoms with Crippen LogP contribution in [0.25, 0.3) is 0 Å². The molecule has 0 aliphatic heterocycles. The largest absolute Gasteiger partial charge is 0.352 e. The van der Waals surface area contributed by atoms with Crippen molar-refractivity contribution in [1.29, 1.82) is 0 Å². The number of benzene rings is 1. The van der Waals surface area contributed by atoms with Crippen LogP contribution in [0, 0.1) is 10.1 Å². The van der Waals surface area contributed by atoms with Crippen molar-refractivity contribution in [3.05, 3.63) is 28.3 Å². The topological polar surface area (TPSA) is 182 Å². The molecule has 0 radical (unpaired) electrons. The summed E-state index contributed by atoms with van der Waals surface area (Å²) in [6, 6.07) is 2.42. The monoisotopic (exact) mass is 318 g/mol. The van der Waals surface area contributed by atoms with Gasteiger partial charge in [0, 0.05) is 19.2 Å². The van der Waals surface area contributed by atoms with Crippen molar-refractivity contribution in [3.63, 3.8) is 0 Å². The maximum Gasteiger partial charge on any atom is 0.312 e. The van der Waals surface area contributed by atoms with Crippen molar-refractivity contribution in [2.75, 3.05) is 18.5 Å². The number of hydrazine groups is 1. The van der Waals surface area contributed by atoms with Crippen LogP contribution < -0.4 is 27.0 Å². The molecule has 0 spiro atoms. The second-order valence-electron chi connectivity index (χ2n) is 3.77. The summed E-state index contributed by atoms with van der Waals surface area (Å²) in [6.07, 6.45) is 0. The highest BCUT2D eigenvalue weighted by Gasteiger charge is 2.20. The average Bonchev–Trinajstić information content (AvgIpc) is 2.42. The smallest absolute Gasteiger partial charge is 0.312 e. The number of nitro benzene ring substituents is 1.